The quantitative estimate of drug-likeness (QED) is 0.184. The van der Waals surface area contributed by atoms with E-state index in [-0.39, 0.29) is 0 Å². The molecule has 0 aliphatic heterocycles. The van der Waals surface area contributed by atoms with E-state index in [1.54, 1.807) is 0 Å². The molecule has 47 heavy (non-hydrogen) atoms. The molecule has 0 spiro atoms. The number of hydrogen-bond donors (Lipinski definition) is 0. The minimum absolute atomic E-state index is 0.872. The third-order valence-corrected chi connectivity index (χ3v) is 10.1. The minimum Gasteiger partial charge on any atom is -0.456 e. The Labute approximate surface area is 277 Å². The van der Waals surface area contributed by atoms with Gasteiger partial charge in [-0.1, -0.05) is 103 Å². The lowest BCUT2D eigenvalue weighted by Crippen LogP contribution is -2.09. The van der Waals surface area contributed by atoms with Gasteiger partial charge in [0.1, 0.15) is 11.3 Å². The lowest BCUT2D eigenvalue weighted by molar-refractivity contribution is 0.631. The summed E-state index contributed by atoms with van der Waals surface area (Å²) in [5.74, 6) is 0.872. The van der Waals surface area contributed by atoms with Gasteiger partial charge in [0.15, 0.2) is 0 Å². The number of rotatable bonds is 6. The molecule has 0 amide bonds. The van der Waals surface area contributed by atoms with Gasteiger partial charge in [0.2, 0.25) is 0 Å². The van der Waals surface area contributed by atoms with Crippen molar-refractivity contribution in [1.29, 1.82) is 0 Å². The predicted octanol–water partition coefficient (Wildman–Crippen LogP) is 13.3. The van der Waals surface area contributed by atoms with E-state index in [1.807, 2.05) is 29.5 Å². The van der Waals surface area contributed by atoms with Crippen LogP contribution in [0.25, 0.3) is 64.7 Å². The molecule has 222 valence electrons. The highest BCUT2D eigenvalue weighted by Gasteiger charge is 2.15. The van der Waals surface area contributed by atoms with Crippen LogP contribution in [-0.2, 0) is 0 Å². The Morgan fingerprint density at radius 1 is 0.426 bits per heavy atom. The molecule has 0 radical (unpaired) electrons. The Morgan fingerprint density at radius 3 is 1.70 bits per heavy atom. The molecule has 3 heteroatoms. The van der Waals surface area contributed by atoms with E-state index in [0.29, 0.717) is 0 Å². The van der Waals surface area contributed by atoms with E-state index < -0.39 is 0 Å². The number of nitrogens with zero attached hydrogens (tertiary/aromatic N) is 1. The number of hydrogen-bond acceptors (Lipinski definition) is 3. The number of furan rings is 1. The molecular weight excluding hydrogens is 591 g/mol. The molecule has 2 aromatic heterocycles. The van der Waals surface area contributed by atoms with E-state index in [9.17, 15) is 0 Å². The SMILES string of the molecule is c1ccc2oc(-c3ccc(N(c4ccc(-c5cc6ccccc6s5)cc4)c4ccc(-c5cccc6ccccc56)cc4)cc3)cc2c1. The van der Waals surface area contributed by atoms with Crippen molar-refractivity contribution >= 4 is 60.2 Å². The van der Waals surface area contributed by atoms with E-state index in [2.05, 4.69) is 163 Å². The average molecular weight is 620 g/mol. The first kappa shape index (κ1) is 27.4. The Kier molecular flexibility index (Phi) is 6.69. The van der Waals surface area contributed by atoms with E-state index in [0.717, 1.165) is 39.4 Å². The van der Waals surface area contributed by atoms with Crippen LogP contribution in [0, 0.1) is 0 Å². The molecule has 0 fully saturated rings. The molecular formula is C44H29NOS. The monoisotopic (exact) mass is 619 g/mol. The first-order valence-electron chi connectivity index (χ1n) is 15.8. The van der Waals surface area contributed by atoms with E-state index >= 15 is 0 Å². The standard InChI is InChI=1S/C44H29NOS/c1-4-12-39-30(8-1)11-7-13-40(39)31-16-22-36(23-17-31)45(37-24-18-32(19-25-37)42-28-34-9-2-5-14-41(34)46-42)38-26-20-33(21-27-38)44-29-35-10-3-6-15-43(35)47-44/h1-29H. The van der Waals surface area contributed by atoms with Crippen LogP contribution in [0.5, 0.6) is 0 Å². The maximum atomic E-state index is 6.17. The van der Waals surface area contributed by atoms with Crippen LogP contribution in [0.4, 0.5) is 17.1 Å². The first-order valence-corrected chi connectivity index (χ1v) is 16.6. The molecule has 9 aromatic rings. The summed E-state index contributed by atoms with van der Waals surface area (Å²) < 4.78 is 7.48. The number of benzene rings is 7. The van der Waals surface area contributed by atoms with Crippen LogP contribution >= 0.6 is 11.3 Å². The van der Waals surface area contributed by atoms with Gasteiger partial charge in [-0.15, -0.1) is 11.3 Å². The van der Waals surface area contributed by atoms with Gasteiger partial charge < -0.3 is 9.32 Å². The smallest absolute Gasteiger partial charge is 0.135 e. The highest BCUT2D eigenvalue weighted by Crippen LogP contribution is 2.40. The molecule has 2 nitrogen and oxygen atoms in total. The Morgan fingerprint density at radius 2 is 1.00 bits per heavy atom. The van der Waals surface area contributed by atoms with Gasteiger partial charge in [-0.05, 0) is 106 Å². The number of thiophene rings is 1. The summed E-state index contributed by atoms with van der Waals surface area (Å²) >= 11 is 1.84. The van der Waals surface area contributed by atoms with Gasteiger partial charge in [0.05, 0.1) is 0 Å². The van der Waals surface area contributed by atoms with Gasteiger partial charge in [0.25, 0.3) is 0 Å². The summed E-state index contributed by atoms with van der Waals surface area (Å²) in [6.07, 6.45) is 0. The zero-order chi connectivity index (χ0) is 31.2. The van der Waals surface area contributed by atoms with E-state index in [1.165, 1.54) is 42.4 Å². The molecule has 7 aromatic carbocycles. The van der Waals surface area contributed by atoms with Crippen molar-refractivity contribution in [2.24, 2.45) is 0 Å². The molecule has 0 N–H and O–H groups in total. The molecule has 2 heterocycles. The van der Waals surface area contributed by atoms with Gasteiger partial charge >= 0.3 is 0 Å². The van der Waals surface area contributed by atoms with Crippen LogP contribution < -0.4 is 4.90 Å². The zero-order valence-electron chi connectivity index (χ0n) is 25.5. The third-order valence-electron chi connectivity index (χ3n) is 8.90. The predicted molar refractivity (Wildman–Crippen MR) is 200 cm³/mol. The fraction of sp³-hybridized carbons (Fsp3) is 0. The maximum Gasteiger partial charge on any atom is 0.135 e. The summed E-state index contributed by atoms with van der Waals surface area (Å²) in [7, 11) is 0. The van der Waals surface area contributed by atoms with Crippen molar-refractivity contribution in [3.05, 3.63) is 176 Å². The lowest BCUT2D eigenvalue weighted by Gasteiger charge is -2.26. The normalized spacial score (nSPS) is 11.4. The highest BCUT2D eigenvalue weighted by atomic mass is 32.1. The topological polar surface area (TPSA) is 16.4 Å². The number of fused-ring (bicyclic) bond motifs is 3. The molecule has 0 saturated heterocycles. The van der Waals surface area contributed by atoms with Crippen molar-refractivity contribution in [2.45, 2.75) is 0 Å². The summed E-state index contributed by atoms with van der Waals surface area (Å²) in [5, 5.41) is 4.91. The third kappa shape index (κ3) is 5.07. The lowest BCUT2D eigenvalue weighted by atomic mass is 9.98. The maximum absolute atomic E-state index is 6.17. The van der Waals surface area contributed by atoms with Crippen LogP contribution in [0.3, 0.4) is 0 Å². The largest absolute Gasteiger partial charge is 0.456 e. The van der Waals surface area contributed by atoms with Gasteiger partial charge in [-0.2, -0.15) is 0 Å². The average Bonchev–Trinajstić information content (AvgIpc) is 3.78. The van der Waals surface area contributed by atoms with Crippen LogP contribution in [0.15, 0.2) is 180 Å². The summed E-state index contributed by atoms with van der Waals surface area (Å²) in [6, 6.07) is 62.7. The summed E-state index contributed by atoms with van der Waals surface area (Å²) in [4.78, 5) is 3.60. The van der Waals surface area contributed by atoms with Gasteiger partial charge in [-0.3, -0.25) is 0 Å². The van der Waals surface area contributed by atoms with Crippen LogP contribution in [0.2, 0.25) is 0 Å². The van der Waals surface area contributed by atoms with Crippen molar-refractivity contribution < 1.29 is 4.42 Å². The molecule has 0 aliphatic carbocycles. The van der Waals surface area contributed by atoms with Gasteiger partial charge in [0, 0.05) is 37.6 Å². The van der Waals surface area contributed by atoms with Gasteiger partial charge in [-0.25, -0.2) is 0 Å². The summed E-state index contributed by atoms with van der Waals surface area (Å²) in [6.45, 7) is 0. The van der Waals surface area contributed by atoms with Crippen molar-refractivity contribution in [2.75, 3.05) is 4.90 Å². The Balaban J connectivity index is 1.10. The van der Waals surface area contributed by atoms with Crippen molar-refractivity contribution in [3.63, 3.8) is 0 Å². The zero-order valence-corrected chi connectivity index (χ0v) is 26.3. The minimum atomic E-state index is 0.872. The van der Waals surface area contributed by atoms with Crippen LogP contribution in [-0.4, -0.2) is 0 Å². The molecule has 0 bridgehead atoms. The van der Waals surface area contributed by atoms with Crippen molar-refractivity contribution in [3.8, 4) is 32.9 Å². The second-order valence-corrected chi connectivity index (χ2v) is 12.9. The van der Waals surface area contributed by atoms with Crippen LogP contribution in [0.1, 0.15) is 0 Å². The molecule has 0 unspecified atom stereocenters. The summed E-state index contributed by atoms with van der Waals surface area (Å²) in [5.41, 5.74) is 8.90. The second kappa shape index (κ2) is 11.5. The van der Waals surface area contributed by atoms with E-state index in [4.69, 9.17) is 4.42 Å². The highest BCUT2D eigenvalue weighted by molar-refractivity contribution is 7.22. The molecule has 9 rings (SSSR count). The number of para-hydroxylation sites is 1. The number of anilines is 3. The second-order valence-electron chi connectivity index (χ2n) is 11.8. The van der Waals surface area contributed by atoms with Crippen molar-refractivity contribution in [1.82, 2.24) is 0 Å². The molecule has 0 atom stereocenters. The molecule has 0 aliphatic rings. The first-order chi connectivity index (χ1) is 23.3. The Hall–Kier alpha value is -5.90. The fourth-order valence-corrected chi connectivity index (χ4v) is 7.58. The Bertz CT molecular complexity index is 2310. The fourth-order valence-electron chi connectivity index (χ4n) is 6.51. The molecule has 0 saturated carbocycles.